The molecule has 104 valence electrons. The van der Waals surface area contributed by atoms with Crippen molar-refractivity contribution in [3.63, 3.8) is 0 Å². The lowest BCUT2D eigenvalue weighted by atomic mass is 10.0. The maximum atomic E-state index is 12.0. The Morgan fingerprint density at radius 2 is 2.37 bits per heavy atom. The molecule has 1 saturated heterocycles. The van der Waals surface area contributed by atoms with Gasteiger partial charge in [0.15, 0.2) is 0 Å². The molecule has 1 amide bonds. The molecule has 1 aromatic carbocycles. The van der Waals surface area contributed by atoms with Gasteiger partial charge in [0.05, 0.1) is 19.1 Å². The van der Waals surface area contributed by atoms with Gasteiger partial charge in [0.1, 0.15) is 6.10 Å². The van der Waals surface area contributed by atoms with Crippen molar-refractivity contribution in [2.24, 2.45) is 0 Å². The van der Waals surface area contributed by atoms with Crippen LogP contribution in [0.2, 0.25) is 0 Å². The minimum absolute atomic E-state index is 0.0413. The summed E-state index contributed by atoms with van der Waals surface area (Å²) >= 11 is 0. The zero-order chi connectivity index (χ0) is 13.7. The normalized spacial score (nSPS) is 23.1. The molecule has 1 fully saturated rings. The molecule has 1 aromatic rings. The molecule has 2 rings (SSSR count). The average Bonchev–Trinajstić information content (AvgIpc) is 2.39. The van der Waals surface area contributed by atoms with Crippen molar-refractivity contribution in [2.75, 3.05) is 20.3 Å². The summed E-state index contributed by atoms with van der Waals surface area (Å²) in [5, 5.41) is 3.04. The van der Waals surface area contributed by atoms with Crippen LogP contribution in [0.5, 0.6) is 0 Å². The lowest BCUT2D eigenvalue weighted by Crippen LogP contribution is -2.50. The van der Waals surface area contributed by atoms with Crippen molar-refractivity contribution in [1.29, 1.82) is 0 Å². The fourth-order valence-corrected chi connectivity index (χ4v) is 2.37. The predicted octanol–water partition coefficient (Wildman–Crippen LogP) is 1.46. The third-order valence-electron chi connectivity index (χ3n) is 3.40. The summed E-state index contributed by atoms with van der Waals surface area (Å²) in [5.41, 5.74) is 2.21. The first-order valence-electron chi connectivity index (χ1n) is 6.64. The van der Waals surface area contributed by atoms with Gasteiger partial charge in [-0.15, -0.1) is 0 Å². The molecule has 1 N–H and O–H groups in total. The molecule has 4 heteroatoms. The van der Waals surface area contributed by atoms with Crippen LogP contribution in [0.25, 0.3) is 0 Å². The van der Waals surface area contributed by atoms with Crippen LogP contribution in [0.1, 0.15) is 17.5 Å². The molecule has 0 aromatic heterocycles. The van der Waals surface area contributed by atoms with E-state index >= 15 is 0 Å². The maximum Gasteiger partial charge on any atom is 0.224 e. The van der Waals surface area contributed by atoms with Gasteiger partial charge in [-0.05, 0) is 18.9 Å². The van der Waals surface area contributed by atoms with Crippen LogP contribution in [0.3, 0.4) is 0 Å². The first-order valence-corrected chi connectivity index (χ1v) is 6.64. The number of amides is 1. The number of nitrogens with one attached hydrogen (secondary N) is 1. The highest BCUT2D eigenvalue weighted by Crippen LogP contribution is 2.11. The highest BCUT2D eigenvalue weighted by molar-refractivity contribution is 5.79. The number of ether oxygens (including phenoxy) is 2. The Morgan fingerprint density at radius 1 is 1.53 bits per heavy atom. The predicted molar refractivity (Wildman–Crippen MR) is 73.0 cm³/mol. The number of rotatable bonds is 4. The SMILES string of the molecule is CO[C@@H]1COCC[C@H]1NC(=O)Cc1cccc(C)c1. The first-order chi connectivity index (χ1) is 9.19. The van der Waals surface area contributed by atoms with E-state index in [-0.39, 0.29) is 18.1 Å². The van der Waals surface area contributed by atoms with Crippen LogP contribution in [-0.2, 0) is 20.7 Å². The standard InChI is InChI=1S/C15H21NO3/c1-11-4-3-5-12(8-11)9-15(17)16-13-6-7-19-10-14(13)18-2/h3-5,8,13-14H,6-7,9-10H2,1-2H3,(H,16,17)/t13-,14-/m1/s1. The Kier molecular flexibility index (Phi) is 4.93. The molecule has 0 radical (unpaired) electrons. The molecule has 1 aliphatic rings. The molecule has 0 saturated carbocycles. The zero-order valence-electron chi connectivity index (χ0n) is 11.5. The van der Waals surface area contributed by atoms with E-state index in [0.29, 0.717) is 19.6 Å². The van der Waals surface area contributed by atoms with Crippen molar-refractivity contribution in [3.8, 4) is 0 Å². The van der Waals surface area contributed by atoms with Crippen molar-refractivity contribution < 1.29 is 14.3 Å². The van der Waals surface area contributed by atoms with Crippen molar-refractivity contribution in [2.45, 2.75) is 31.9 Å². The molecule has 0 spiro atoms. The van der Waals surface area contributed by atoms with E-state index in [0.717, 1.165) is 12.0 Å². The van der Waals surface area contributed by atoms with E-state index in [4.69, 9.17) is 9.47 Å². The quantitative estimate of drug-likeness (QED) is 0.894. The summed E-state index contributed by atoms with van der Waals surface area (Å²) in [5.74, 6) is 0.0413. The monoisotopic (exact) mass is 263 g/mol. The first kappa shape index (κ1) is 14.0. The molecule has 4 nitrogen and oxygen atoms in total. The molecular formula is C15H21NO3. The fraction of sp³-hybridized carbons (Fsp3) is 0.533. The van der Waals surface area contributed by atoms with Gasteiger partial charge in [-0.1, -0.05) is 29.8 Å². The molecule has 1 heterocycles. The van der Waals surface area contributed by atoms with Gasteiger partial charge >= 0.3 is 0 Å². The Labute approximate surface area is 114 Å². The second-order valence-corrected chi connectivity index (χ2v) is 4.98. The Hall–Kier alpha value is -1.39. The van der Waals surface area contributed by atoms with Gasteiger partial charge < -0.3 is 14.8 Å². The second kappa shape index (κ2) is 6.68. The number of methoxy groups -OCH3 is 1. The molecule has 19 heavy (non-hydrogen) atoms. The minimum Gasteiger partial charge on any atom is -0.379 e. The van der Waals surface area contributed by atoms with Crippen LogP contribution >= 0.6 is 0 Å². The Balaban J connectivity index is 1.90. The van der Waals surface area contributed by atoms with Gasteiger partial charge in [0.25, 0.3) is 0 Å². The van der Waals surface area contributed by atoms with E-state index < -0.39 is 0 Å². The van der Waals surface area contributed by atoms with Gasteiger partial charge in [-0.3, -0.25) is 4.79 Å². The van der Waals surface area contributed by atoms with Gasteiger partial charge in [-0.2, -0.15) is 0 Å². The minimum atomic E-state index is -0.0461. The molecule has 0 aliphatic carbocycles. The fourth-order valence-electron chi connectivity index (χ4n) is 2.37. The number of carbonyl (C=O) groups excluding carboxylic acids is 1. The lowest BCUT2D eigenvalue weighted by molar-refractivity contribution is -0.124. The van der Waals surface area contributed by atoms with Crippen molar-refractivity contribution in [3.05, 3.63) is 35.4 Å². The summed E-state index contributed by atoms with van der Waals surface area (Å²) in [6, 6.07) is 8.07. The number of aryl methyl sites for hydroxylation is 1. The van der Waals surface area contributed by atoms with Crippen LogP contribution in [0.4, 0.5) is 0 Å². The number of carbonyl (C=O) groups is 1. The number of hydrogen-bond acceptors (Lipinski definition) is 3. The highest BCUT2D eigenvalue weighted by Gasteiger charge is 2.26. The summed E-state index contributed by atoms with van der Waals surface area (Å²) in [6.45, 7) is 3.25. The summed E-state index contributed by atoms with van der Waals surface area (Å²) in [4.78, 5) is 12.0. The molecule has 0 unspecified atom stereocenters. The van der Waals surface area contributed by atoms with Gasteiger partial charge in [0, 0.05) is 13.7 Å². The Morgan fingerprint density at radius 3 is 3.11 bits per heavy atom. The third kappa shape index (κ3) is 4.04. The third-order valence-corrected chi connectivity index (χ3v) is 3.40. The second-order valence-electron chi connectivity index (χ2n) is 4.98. The molecular weight excluding hydrogens is 242 g/mol. The van der Waals surface area contributed by atoms with Crippen LogP contribution < -0.4 is 5.32 Å². The van der Waals surface area contributed by atoms with Gasteiger partial charge in [-0.25, -0.2) is 0 Å². The molecule has 0 bridgehead atoms. The molecule has 1 aliphatic heterocycles. The number of hydrogen-bond donors (Lipinski definition) is 1. The van der Waals surface area contributed by atoms with Crippen LogP contribution in [0.15, 0.2) is 24.3 Å². The van der Waals surface area contributed by atoms with E-state index in [1.165, 1.54) is 5.56 Å². The van der Waals surface area contributed by atoms with Crippen LogP contribution in [-0.4, -0.2) is 38.4 Å². The average molecular weight is 263 g/mol. The zero-order valence-corrected chi connectivity index (χ0v) is 11.5. The van der Waals surface area contributed by atoms with Crippen molar-refractivity contribution >= 4 is 5.91 Å². The largest absolute Gasteiger partial charge is 0.379 e. The smallest absolute Gasteiger partial charge is 0.224 e. The van der Waals surface area contributed by atoms with E-state index in [1.807, 2.05) is 31.2 Å². The summed E-state index contributed by atoms with van der Waals surface area (Å²) in [6.07, 6.45) is 1.17. The lowest BCUT2D eigenvalue weighted by Gasteiger charge is -2.31. The van der Waals surface area contributed by atoms with Gasteiger partial charge in [0.2, 0.25) is 5.91 Å². The maximum absolute atomic E-state index is 12.0. The number of benzene rings is 1. The highest BCUT2D eigenvalue weighted by atomic mass is 16.5. The summed E-state index contributed by atoms with van der Waals surface area (Å²) in [7, 11) is 1.65. The van der Waals surface area contributed by atoms with E-state index in [2.05, 4.69) is 5.32 Å². The topological polar surface area (TPSA) is 47.6 Å². The van der Waals surface area contributed by atoms with Crippen molar-refractivity contribution in [1.82, 2.24) is 5.32 Å². The Bertz CT molecular complexity index is 433. The van der Waals surface area contributed by atoms with Crippen LogP contribution in [0, 0.1) is 6.92 Å². The molecule has 2 atom stereocenters. The van der Waals surface area contributed by atoms with E-state index in [9.17, 15) is 4.79 Å². The van der Waals surface area contributed by atoms with E-state index in [1.54, 1.807) is 7.11 Å². The summed E-state index contributed by atoms with van der Waals surface area (Å²) < 4.78 is 10.7.